The van der Waals surface area contributed by atoms with E-state index in [1.165, 1.54) is 12.1 Å². The molecule has 1 fully saturated rings. The quantitative estimate of drug-likeness (QED) is 0.885. The number of rotatable bonds is 4. The summed E-state index contributed by atoms with van der Waals surface area (Å²) in [5, 5.41) is 3.33. The van der Waals surface area contributed by atoms with Crippen LogP contribution in [0.25, 0.3) is 0 Å². The third-order valence-electron chi connectivity index (χ3n) is 3.02. The summed E-state index contributed by atoms with van der Waals surface area (Å²) in [6.07, 6.45) is 0. The SMILES string of the molecule is CC(C)(CN1CCNCC1)Oc1ccc(F)cc1. The van der Waals surface area contributed by atoms with Gasteiger partial charge in [0.15, 0.2) is 0 Å². The van der Waals surface area contributed by atoms with Crippen molar-refractivity contribution in [1.29, 1.82) is 0 Å². The maximum Gasteiger partial charge on any atom is 0.123 e. The first-order valence-corrected chi connectivity index (χ1v) is 6.43. The fraction of sp³-hybridized carbons (Fsp3) is 0.571. The van der Waals surface area contributed by atoms with Gasteiger partial charge in [0.25, 0.3) is 0 Å². The van der Waals surface area contributed by atoms with Crippen LogP contribution in [0.1, 0.15) is 13.8 Å². The predicted molar refractivity (Wildman–Crippen MR) is 70.4 cm³/mol. The molecule has 1 heterocycles. The van der Waals surface area contributed by atoms with E-state index in [-0.39, 0.29) is 11.4 Å². The summed E-state index contributed by atoms with van der Waals surface area (Å²) in [6, 6.07) is 6.20. The van der Waals surface area contributed by atoms with Gasteiger partial charge in [0.2, 0.25) is 0 Å². The van der Waals surface area contributed by atoms with Crippen LogP contribution in [-0.4, -0.2) is 43.2 Å². The molecule has 4 heteroatoms. The van der Waals surface area contributed by atoms with Crippen molar-refractivity contribution in [3.8, 4) is 5.75 Å². The molecule has 0 aliphatic carbocycles. The van der Waals surface area contributed by atoms with E-state index in [1.807, 2.05) is 0 Å². The van der Waals surface area contributed by atoms with Crippen LogP contribution in [0.2, 0.25) is 0 Å². The Morgan fingerprint density at radius 2 is 1.83 bits per heavy atom. The van der Waals surface area contributed by atoms with Crippen molar-refractivity contribution in [3.05, 3.63) is 30.1 Å². The molecule has 1 aliphatic heterocycles. The Morgan fingerprint density at radius 1 is 1.22 bits per heavy atom. The van der Waals surface area contributed by atoms with Crippen LogP contribution < -0.4 is 10.1 Å². The van der Waals surface area contributed by atoms with E-state index in [0.717, 1.165) is 38.5 Å². The number of hydrogen-bond donors (Lipinski definition) is 1. The minimum Gasteiger partial charge on any atom is -0.487 e. The summed E-state index contributed by atoms with van der Waals surface area (Å²) in [4.78, 5) is 2.39. The number of benzene rings is 1. The smallest absolute Gasteiger partial charge is 0.123 e. The normalized spacial score (nSPS) is 17.7. The van der Waals surface area contributed by atoms with Crippen LogP contribution >= 0.6 is 0 Å². The third-order valence-corrected chi connectivity index (χ3v) is 3.02. The highest BCUT2D eigenvalue weighted by Gasteiger charge is 2.24. The standard InChI is InChI=1S/C14H21FN2O/c1-14(2,11-17-9-7-16-8-10-17)18-13-5-3-12(15)4-6-13/h3-6,16H,7-11H2,1-2H3. The minimum atomic E-state index is -0.269. The second kappa shape index (κ2) is 5.67. The molecule has 0 amide bonds. The van der Waals surface area contributed by atoms with Crippen molar-refractivity contribution < 1.29 is 9.13 Å². The zero-order valence-electron chi connectivity index (χ0n) is 11.1. The molecule has 18 heavy (non-hydrogen) atoms. The number of ether oxygens (including phenoxy) is 1. The van der Waals surface area contributed by atoms with Crippen LogP contribution in [0, 0.1) is 5.82 Å². The van der Waals surface area contributed by atoms with Crippen LogP contribution in [0.15, 0.2) is 24.3 Å². The molecule has 0 saturated carbocycles. The van der Waals surface area contributed by atoms with Gasteiger partial charge in [-0.1, -0.05) is 0 Å². The molecule has 1 aliphatic rings. The average molecular weight is 252 g/mol. The molecule has 2 rings (SSSR count). The van der Waals surface area contributed by atoms with E-state index < -0.39 is 0 Å². The molecule has 0 bridgehead atoms. The highest BCUT2D eigenvalue weighted by molar-refractivity contribution is 5.23. The number of halogens is 1. The van der Waals surface area contributed by atoms with E-state index in [4.69, 9.17) is 4.74 Å². The van der Waals surface area contributed by atoms with E-state index in [2.05, 4.69) is 24.1 Å². The molecule has 3 nitrogen and oxygen atoms in total. The Bertz CT molecular complexity index is 372. The summed E-state index contributed by atoms with van der Waals surface area (Å²) in [5.74, 6) is 0.485. The predicted octanol–water partition coefficient (Wildman–Crippen LogP) is 1.89. The zero-order chi connectivity index (χ0) is 13.0. The third kappa shape index (κ3) is 3.96. The molecular formula is C14H21FN2O. The van der Waals surface area contributed by atoms with Crippen molar-refractivity contribution >= 4 is 0 Å². The van der Waals surface area contributed by atoms with Crippen LogP contribution in [-0.2, 0) is 0 Å². The molecule has 1 saturated heterocycles. The van der Waals surface area contributed by atoms with Crippen molar-refractivity contribution in [2.45, 2.75) is 19.4 Å². The van der Waals surface area contributed by atoms with Crippen LogP contribution in [0.3, 0.4) is 0 Å². The van der Waals surface area contributed by atoms with Crippen molar-refractivity contribution in [3.63, 3.8) is 0 Å². The lowest BCUT2D eigenvalue weighted by atomic mass is 10.1. The molecule has 0 unspecified atom stereocenters. The number of nitrogens with one attached hydrogen (secondary N) is 1. The lowest BCUT2D eigenvalue weighted by Gasteiger charge is -2.35. The fourth-order valence-corrected chi connectivity index (χ4v) is 2.26. The fourth-order valence-electron chi connectivity index (χ4n) is 2.26. The van der Waals surface area contributed by atoms with Gasteiger partial charge in [-0.15, -0.1) is 0 Å². The number of hydrogen-bond acceptors (Lipinski definition) is 3. The first-order chi connectivity index (χ1) is 8.55. The van der Waals surface area contributed by atoms with Crippen LogP contribution in [0.4, 0.5) is 4.39 Å². The molecule has 0 radical (unpaired) electrons. The Kier molecular flexibility index (Phi) is 4.19. The second-order valence-electron chi connectivity index (χ2n) is 5.34. The van der Waals surface area contributed by atoms with E-state index >= 15 is 0 Å². The van der Waals surface area contributed by atoms with Crippen LogP contribution in [0.5, 0.6) is 5.75 Å². The van der Waals surface area contributed by atoms with E-state index in [9.17, 15) is 4.39 Å². The maximum absolute atomic E-state index is 12.8. The Morgan fingerprint density at radius 3 is 2.44 bits per heavy atom. The van der Waals surface area contributed by atoms with Gasteiger partial charge in [-0.25, -0.2) is 4.39 Å². The van der Waals surface area contributed by atoms with Crippen molar-refractivity contribution in [1.82, 2.24) is 10.2 Å². The van der Waals surface area contributed by atoms with E-state index in [0.29, 0.717) is 0 Å². The van der Waals surface area contributed by atoms with Gasteiger partial charge < -0.3 is 10.1 Å². The highest BCUT2D eigenvalue weighted by Crippen LogP contribution is 2.19. The molecule has 0 aromatic heterocycles. The van der Waals surface area contributed by atoms with Gasteiger partial charge >= 0.3 is 0 Å². The summed E-state index contributed by atoms with van der Waals surface area (Å²) in [6.45, 7) is 9.19. The number of piperazine rings is 1. The molecular weight excluding hydrogens is 231 g/mol. The summed E-state index contributed by atoms with van der Waals surface area (Å²) < 4.78 is 18.8. The first kappa shape index (κ1) is 13.3. The zero-order valence-corrected chi connectivity index (χ0v) is 11.1. The van der Waals surface area contributed by atoms with Gasteiger partial charge in [0, 0.05) is 32.7 Å². The Balaban J connectivity index is 1.91. The molecule has 1 aromatic carbocycles. The molecule has 1 aromatic rings. The Labute approximate surface area is 108 Å². The van der Waals surface area contributed by atoms with Crippen molar-refractivity contribution in [2.75, 3.05) is 32.7 Å². The van der Waals surface area contributed by atoms with Gasteiger partial charge in [0.1, 0.15) is 17.2 Å². The Hall–Kier alpha value is -1.13. The van der Waals surface area contributed by atoms with Gasteiger partial charge in [-0.3, -0.25) is 4.90 Å². The summed E-state index contributed by atoms with van der Waals surface area (Å²) in [5.41, 5.74) is -0.269. The molecule has 0 spiro atoms. The largest absolute Gasteiger partial charge is 0.487 e. The van der Waals surface area contributed by atoms with Gasteiger partial charge in [0.05, 0.1) is 0 Å². The molecule has 0 atom stereocenters. The lowest BCUT2D eigenvalue weighted by Crippen LogP contribution is -2.50. The highest BCUT2D eigenvalue weighted by atomic mass is 19.1. The van der Waals surface area contributed by atoms with Gasteiger partial charge in [-0.05, 0) is 38.1 Å². The number of nitrogens with zero attached hydrogens (tertiary/aromatic N) is 1. The van der Waals surface area contributed by atoms with Crippen molar-refractivity contribution in [2.24, 2.45) is 0 Å². The monoisotopic (exact) mass is 252 g/mol. The molecule has 1 N–H and O–H groups in total. The minimum absolute atomic E-state index is 0.234. The molecule has 100 valence electrons. The van der Waals surface area contributed by atoms with E-state index in [1.54, 1.807) is 12.1 Å². The first-order valence-electron chi connectivity index (χ1n) is 6.43. The average Bonchev–Trinajstić information content (AvgIpc) is 2.32. The lowest BCUT2D eigenvalue weighted by molar-refractivity contribution is 0.0547. The maximum atomic E-state index is 12.8. The topological polar surface area (TPSA) is 24.5 Å². The summed E-state index contributed by atoms with van der Waals surface area (Å²) >= 11 is 0. The van der Waals surface area contributed by atoms with Gasteiger partial charge in [-0.2, -0.15) is 0 Å². The summed E-state index contributed by atoms with van der Waals surface area (Å²) in [7, 11) is 0. The second-order valence-corrected chi connectivity index (χ2v) is 5.34.